The van der Waals surface area contributed by atoms with E-state index in [0.717, 1.165) is 52.5 Å². The summed E-state index contributed by atoms with van der Waals surface area (Å²) in [6, 6.07) is 24.6. The van der Waals surface area contributed by atoms with Crippen LogP contribution in [-0.4, -0.2) is 24.6 Å². The Balaban J connectivity index is 1.30. The maximum atomic E-state index is 9.25. The topological polar surface area (TPSA) is 138 Å². The summed E-state index contributed by atoms with van der Waals surface area (Å²) >= 11 is 6.23. The van der Waals surface area contributed by atoms with E-state index < -0.39 is 0 Å². The van der Waals surface area contributed by atoms with E-state index in [2.05, 4.69) is 74.1 Å². The summed E-state index contributed by atoms with van der Waals surface area (Å²) in [5.74, 6) is 1.42. The van der Waals surface area contributed by atoms with Gasteiger partial charge in [-0.1, -0.05) is 27.7 Å². The molecule has 0 radical (unpaired) electrons. The third-order valence-corrected chi connectivity index (χ3v) is 13.1. The largest absolute Gasteiger partial charge is 0.492 e. The summed E-state index contributed by atoms with van der Waals surface area (Å²) in [6.45, 7) is 9.77. The zero-order valence-electron chi connectivity index (χ0n) is 28.1. The molecule has 0 N–H and O–H groups in total. The Hall–Kier alpha value is -5.34. The van der Waals surface area contributed by atoms with Gasteiger partial charge in [0.05, 0.1) is 23.0 Å². The molecule has 0 aliphatic heterocycles. The van der Waals surface area contributed by atoms with Gasteiger partial charge in [-0.25, -0.2) is 9.98 Å². The first kappa shape index (κ1) is 34.1. The van der Waals surface area contributed by atoms with Crippen LogP contribution in [0, 0.1) is 45.3 Å². The minimum absolute atomic E-state index is 0.185. The SMILES string of the molecule is CCCOc1cc(N=C(C#N)C#N)sc1-c1cc2cc3c(cc2s1)-c1cc2sc(-c4sc(N=C(C#N)C#N)cc4OCCC)cc2cc1C3(C)C. The molecule has 2 aromatic carbocycles. The van der Waals surface area contributed by atoms with Gasteiger partial charge in [0.2, 0.25) is 11.4 Å². The molecule has 0 amide bonds. The molecule has 51 heavy (non-hydrogen) atoms. The van der Waals surface area contributed by atoms with Gasteiger partial charge in [-0.2, -0.15) is 21.0 Å². The van der Waals surface area contributed by atoms with Gasteiger partial charge in [-0.05, 0) is 82.3 Å². The van der Waals surface area contributed by atoms with Crippen molar-refractivity contribution in [3.05, 3.63) is 59.7 Å². The third kappa shape index (κ3) is 6.18. The molecule has 1 aliphatic carbocycles. The maximum absolute atomic E-state index is 9.25. The fourth-order valence-electron chi connectivity index (χ4n) is 6.21. The number of aliphatic imine (C=N–C) groups is 2. The predicted octanol–water partition coefficient (Wildman–Crippen LogP) is 11.7. The number of nitrogens with zero attached hydrogens (tertiary/aromatic N) is 6. The lowest BCUT2D eigenvalue weighted by molar-refractivity contribution is 0.320. The van der Waals surface area contributed by atoms with E-state index in [1.807, 2.05) is 36.4 Å². The van der Waals surface area contributed by atoms with Crippen LogP contribution in [0.2, 0.25) is 0 Å². The molecule has 0 fully saturated rings. The smallest absolute Gasteiger partial charge is 0.219 e. The van der Waals surface area contributed by atoms with Crippen molar-refractivity contribution in [1.82, 2.24) is 0 Å². The minimum Gasteiger partial charge on any atom is -0.492 e. The van der Waals surface area contributed by atoms with Gasteiger partial charge in [0.15, 0.2) is 0 Å². The number of benzene rings is 2. The maximum Gasteiger partial charge on any atom is 0.219 e. The van der Waals surface area contributed by atoms with Crippen molar-refractivity contribution in [2.75, 3.05) is 13.2 Å². The summed E-state index contributed by atoms with van der Waals surface area (Å²) in [5.41, 5.74) is 4.40. The van der Waals surface area contributed by atoms with Crippen molar-refractivity contribution in [1.29, 1.82) is 21.0 Å². The van der Waals surface area contributed by atoms with Crippen LogP contribution >= 0.6 is 45.3 Å². The van der Waals surface area contributed by atoms with Crippen LogP contribution in [0.1, 0.15) is 51.7 Å². The van der Waals surface area contributed by atoms with E-state index in [1.165, 1.54) is 44.9 Å². The second-order valence-electron chi connectivity index (χ2n) is 12.3. The molecule has 0 atom stereocenters. The Kier molecular flexibility index (Phi) is 9.21. The molecular weight excluding hydrogens is 713 g/mol. The van der Waals surface area contributed by atoms with Gasteiger partial charge in [0.25, 0.3) is 0 Å². The van der Waals surface area contributed by atoms with Crippen LogP contribution < -0.4 is 9.47 Å². The zero-order valence-corrected chi connectivity index (χ0v) is 31.3. The van der Waals surface area contributed by atoms with Gasteiger partial charge >= 0.3 is 0 Å². The number of rotatable bonds is 10. The van der Waals surface area contributed by atoms with E-state index >= 15 is 0 Å². The lowest BCUT2D eigenvalue weighted by atomic mass is 9.82. The molecule has 0 saturated heterocycles. The average Bonchev–Trinajstić information content (AvgIpc) is 3.95. The van der Waals surface area contributed by atoms with Crippen LogP contribution in [0.3, 0.4) is 0 Å². The molecule has 1 aliphatic rings. The summed E-state index contributed by atoms with van der Waals surface area (Å²) < 4.78 is 14.5. The van der Waals surface area contributed by atoms with E-state index in [1.54, 1.807) is 22.7 Å². The van der Waals surface area contributed by atoms with Crippen LogP contribution in [0.5, 0.6) is 11.5 Å². The van der Waals surface area contributed by atoms with Gasteiger partial charge in [-0.3, -0.25) is 0 Å². The molecule has 8 nitrogen and oxygen atoms in total. The van der Waals surface area contributed by atoms with E-state index in [0.29, 0.717) is 34.7 Å². The molecule has 4 heterocycles. The lowest BCUT2D eigenvalue weighted by Crippen LogP contribution is -2.14. The lowest BCUT2D eigenvalue weighted by Gasteiger charge is -2.21. The molecule has 0 saturated carbocycles. The van der Waals surface area contributed by atoms with Crippen LogP contribution in [0.4, 0.5) is 10.0 Å². The molecular formula is C39H28N6O2S4. The summed E-state index contributed by atoms with van der Waals surface area (Å²) in [7, 11) is 0. The summed E-state index contributed by atoms with van der Waals surface area (Å²) in [4.78, 5) is 12.5. The molecule has 250 valence electrons. The average molecular weight is 741 g/mol. The number of hydrogen-bond acceptors (Lipinski definition) is 12. The number of nitriles is 4. The molecule has 0 spiro atoms. The van der Waals surface area contributed by atoms with Crippen molar-refractivity contribution < 1.29 is 9.47 Å². The standard InChI is InChI=1S/C39H28N6O2S4/c1-5-7-46-29-15-35(44-23(17-40)18-41)50-37(29)33-11-21-9-27-25(13-31(21)48-33)26-14-32-22(10-28(26)39(27,3)4)12-34(49-32)38-30(47-8-6-2)16-36(51-38)45-24(19-42)20-43/h9-16H,5-8H2,1-4H3. The quantitative estimate of drug-likeness (QED) is 0.128. The van der Waals surface area contributed by atoms with Gasteiger partial charge in [0, 0.05) is 36.7 Å². The Morgan fingerprint density at radius 3 is 1.39 bits per heavy atom. The second-order valence-corrected chi connectivity index (χ2v) is 16.6. The van der Waals surface area contributed by atoms with Gasteiger partial charge in [-0.15, -0.1) is 45.3 Å². The highest BCUT2D eigenvalue weighted by Gasteiger charge is 2.36. The Bertz CT molecular complexity index is 2390. The van der Waals surface area contributed by atoms with E-state index in [4.69, 9.17) is 9.47 Å². The first-order valence-corrected chi connectivity index (χ1v) is 19.5. The molecule has 0 unspecified atom stereocenters. The van der Waals surface area contributed by atoms with Crippen molar-refractivity contribution in [2.45, 2.75) is 46.0 Å². The van der Waals surface area contributed by atoms with E-state index in [-0.39, 0.29) is 16.8 Å². The molecule has 6 aromatic rings. The number of ether oxygens (including phenoxy) is 2. The van der Waals surface area contributed by atoms with Gasteiger partial charge in [0.1, 0.15) is 45.8 Å². The molecule has 4 aromatic heterocycles. The van der Waals surface area contributed by atoms with Crippen LogP contribution in [0.15, 0.2) is 58.5 Å². The van der Waals surface area contributed by atoms with Crippen LogP contribution in [0.25, 0.3) is 50.8 Å². The van der Waals surface area contributed by atoms with Crippen molar-refractivity contribution in [3.63, 3.8) is 0 Å². The third-order valence-electron chi connectivity index (χ3n) is 8.56. The number of fused-ring (bicyclic) bond motifs is 5. The molecule has 0 bridgehead atoms. The molecule has 12 heteroatoms. The highest BCUT2D eigenvalue weighted by Crippen LogP contribution is 2.55. The first-order valence-electron chi connectivity index (χ1n) is 16.2. The second kappa shape index (κ2) is 13.8. The Morgan fingerprint density at radius 2 is 1.02 bits per heavy atom. The van der Waals surface area contributed by atoms with Gasteiger partial charge < -0.3 is 9.47 Å². The minimum atomic E-state index is -0.229. The summed E-state index contributed by atoms with van der Waals surface area (Å²) in [5, 5.41) is 40.4. The highest BCUT2D eigenvalue weighted by molar-refractivity contribution is 7.28. The number of hydrogen-bond donors (Lipinski definition) is 0. The van der Waals surface area contributed by atoms with Crippen molar-refractivity contribution in [2.24, 2.45) is 9.98 Å². The van der Waals surface area contributed by atoms with Crippen molar-refractivity contribution in [3.8, 4) is 66.4 Å². The Morgan fingerprint density at radius 1 is 0.608 bits per heavy atom. The van der Waals surface area contributed by atoms with Crippen molar-refractivity contribution >= 4 is 86.9 Å². The zero-order chi connectivity index (χ0) is 35.9. The summed E-state index contributed by atoms with van der Waals surface area (Å²) in [6.07, 6.45) is 1.70. The van der Waals surface area contributed by atoms with Crippen LogP contribution in [-0.2, 0) is 5.41 Å². The molecule has 7 rings (SSSR count). The Labute approximate surface area is 311 Å². The fraction of sp³-hybridized carbons (Fsp3) is 0.231. The highest BCUT2D eigenvalue weighted by atomic mass is 32.1. The van der Waals surface area contributed by atoms with E-state index in [9.17, 15) is 21.0 Å². The first-order chi connectivity index (χ1) is 24.7. The fourth-order valence-corrected chi connectivity index (χ4v) is 10.5. The predicted molar refractivity (Wildman–Crippen MR) is 210 cm³/mol. The normalized spacial score (nSPS) is 12.3. The monoisotopic (exact) mass is 740 g/mol. The number of thiophene rings is 4.